The van der Waals surface area contributed by atoms with Gasteiger partial charge in [-0.1, -0.05) is 19.6 Å². The first kappa shape index (κ1) is 14.3. The fourth-order valence-corrected chi connectivity index (χ4v) is 3.78. The summed E-state index contributed by atoms with van der Waals surface area (Å²) in [4.78, 5) is 11.7. The Labute approximate surface area is 115 Å². The number of carbonyl (C=O) groups is 1. The van der Waals surface area contributed by atoms with Gasteiger partial charge in [-0.2, -0.15) is 0 Å². The number of ether oxygens (including phenoxy) is 1. The first-order valence-electron chi connectivity index (χ1n) is 7.16. The summed E-state index contributed by atoms with van der Waals surface area (Å²) in [5, 5.41) is 9.35. The molecular weight excluding hydrogens is 240 g/mol. The Morgan fingerprint density at radius 3 is 2.84 bits per heavy atom. The van der Waals surface area contributed by atoms with Crippen LogP contribution in [0.15, 0.2) is 23.8 Å². The van der Waals surface area contributed by atoms with Crippen LogP contribution >= 0.6 is 0 Å². The number of fused-ring (bicyclic) bond motifs is 1. The third-order valence-electron chi connectivity index (χ3n) is 4.94. The van der Waals surface area contributed by atoms with Gasteiger partial charge in [-0.25, -0.2) is 4.79 Å². The summed E-state index contributed by atoms with van der Waals surface area (Å²) < 4.78 is 4.84. The van der Waals surface area contributed by atoms with Crippen LogP contribution in [0.3, 0.4) is 0 Å². The van der Waals surface area contributed by atoms with Gasteiger partial charge in [0.15, 0.2) is 0 Å². The van der Waals surface area contributed by atoms with Crippen LogP contribution < -0.4 is 0 Å². The maximum Gasteiger partial charge on any atom is 0.333 e. The Hall–Kier alpha value is -1.09. The van der Waals surface area contributed by atoms with Gasteiger partial charge in [-0.15, -0.1) is 0 Å². The molecule has 0 radical (unpaired) electrons. The highest BCUT2D eigenvalue weighted by molar-refractivity contribution is 5.88. The van der Waals surface area contributed by atoms with Crippen LogP contribution in [0.1, 0.15) is 32.6 Å². The van der Waals surface area contributed by atoms with Gasteiger partial charge in [-0.05, 0) is 54.9 Å². The Morgan fingerprint density at radius 1 is 1.47 bits per heavy atom. The summed E-state index contributed by atoms with van der Waals surface area (Å²) in [6.45, 7) is 6.35. The second-order valence-electron chi connectivity index (χ2n) is 5.94. The predicted octanol–water partition coefficient (Wildman–Crippen LogP) is 2.71. The molecule has 0 amide bonds. The molecular formula is C16H24O3. The van der Waals surface area contributed by atoms with Gasteiger partial charge in [0.2, 0.25) is 0 Å². The number of methoxy groups -OCH3 is 1. The van der Waals surface area contributed by atoms with Crippen LogP contribution in [0.5, 0.6) is 0 Å². The summed E-state index contributed by atoms with van der Waals surface area (Å²) in [5.41, 5.74) is 1.71. The van der Waals surface area contributed by atoms with Crippen molar-refractivity contribution < 1.29 is 14.6 Å². The number of aliphatic hydroxyl groups excluding tert-OH is 1. The smallest absolute Gasteiger partial charge is 0.333 e. The van der Waals surface area contributed by atoms with Gasteiger partial charge in [-0.3, -0.25) is 0 Å². The molecule has 4 atom stereocenters. The molecule has 2 rings (SSSR count). The van der Waals surface area contributed by atoms with Crippen molar-refractivity contribution >= 4 is 5.97 Å². The molecule has 0 unspecified atom stereocenters. The van der Waals surface area contributed by atoms with Gasteiger partial charge in [0.05, 0.1) is 13.7 Å². The molecule has 0 aliphatic heterocycles. The summed E-state index contributed by atoms with van der Waals surface area (Å²) in [7, 11) is 1.43. The van der Waals surface area contributed by atoms with Crippen LogP contribution in [0.2, 0.25) is 0 Å². The molecule has 2 aliphatic rings. The molecule has 3 heteroatoms. The van der Waals surface area contributed by atoms with Crippen LogP contribution in [0.4, 0.5) is 0 Å². The normalized spacial score (nSPS) is 34.2. The van der Waals surface area contributed by atoms with Crippen LogP contribution in [-0.4, -0.2) is 24.8 Å². The van der Waals surface area contributed by atoms with Crippen molar-refractivity contribution in [2.45, 2.75) is 32.6 Å². The number of allylic oxidation sites excluding steroid dienone is 1. The molecule has 0 spiro atoms. The fourth-order valence-electron chi connectivity index (χ4n) is 3.78. The van der Waals surface area contributed by atoms with Crippen molar-refractivity contribution in [2.75, 3.05) is 13.7 Å². The van der Waals surface area contributed by atoms with Crippen LogP contribution in [-0.2, 0) is 9.53 Å². The van der Waals surface area contributed by atoms with E-state index in [0.29, 0.717) is 23.7 Å². The van der Waals surface area contributed by atoms with Crippen LogP contribution in [0.25, 0.3) is 0 Å². The highest BCUT2D eigenvalue weighted by atomic mass is 16.5. The van der Waals surface area contributed by atoms with Crippen molar-refractivity contribution in [1.82, 2.24) is 0 Å². The zero-order chi connectivity index (χ0) is 14.0. The van der Waals surface area contributed by atoms with E-state index in [1.165, 1.54) is 13.5 Å². The Balaban J connectivity index is 2.26. The Kier molecular flexibility index (Phi) is 4.46. The van der Waals surface area contributed by atoms with E-state index in [0.717, 1.165) is 30.4 Å². The zero-order valence-electron chi connectivity index (χ0n) is 11.9. The maximum absolute atomic E-state index is 11.7. The van der Waals surface area contributed by atoms with Gasteiger partial charge in [0, 0.05) is 5.57 Å². The lowest BCUT2D eigenvalue weighted by atomic mass is 9.61. The van der Waals surface area contributed by atoms with E-state index in [1.807, 2.05) is 0 Å². The van der Waals surface area contributed by atoms with Crippen molar-refractivity contribution in [3.05, 3.63) is 23.8 Å². The predicted molar refractivity (Wildman–Crippen MR) is 74.4 cm³/mol. The minimum Gasteiger partial charge on any atom is -0.466 e. The SMILES string of the molecule is C=C(CO)[C@@H]1CC[C@@H](C)[C@H]2CCC(C(=O)OC)=C[C@H]21. The average molecular weight is 264 g/mol. The average Bonchev–Trinajstić information content (AvgIpc) is 2.45. The van der Waals surface area contributed by atoms with E-state index in [-0.39, 0.29) is 12.6 Å². The largest absolute Gasteiger partial charge is 0.466 e. The summed E-state index contributed by atoms with van der Waals surface area (Å²) in [5.74, 6) is 1.74. The van der Waals surface area contributed by atoms with Gasteiger partial charge in [0.25, 0.3) is 0 Å². The third-order valence-corrected chi connectivity index (χ3v) is 4.94. The minimum absolute atomic E-state index is 0.0453. The number of carbonyl (C=O) groups excluding carboxylic acids is 1. The summed E-state index contributed by atoms with van der Waals surface area (Å²) in [6, 6.07) is 0. The van der Waals surface area contributed by atoms with E-state index < -0.39 is 0 Å². The topological polar surface area (TPSA) is 46.5 Å². The lowest BCUT2D eigenvalue weighted by Crippen LogP contribution is -2.36. The first-order chi connectivity index (χ1) is 9.08. The molecule has 3 nitrogen and oxygen atoms in total. The van der Waals surface area contributed by atoms with Crippen LogP contribution in [0, 0.1) is 23.7 Å². The van der Waals surface area contributed by atoms with Gasteiger partial charge >= 0.3 is 5.97 Å². The molecule has 19 heavy (non-hydrogen) atoms. The van der Waals surface area contributed by atoms with Gasteiger partial charge in [0.1, 0.15) is 0 Å². The molecule has 0 aromatic carbocycles. The van der Waals surface area contributed by atoms with Crippen molar-refractivity contribution in [3.63, 3.8) is 0 Å². The van der Waals surface area contributed by atoms with E-state index in [9.17, 15) is 9.90 Å². The van der Waals surface area contributed by atoms with E-state index in [4.69, 9.17) is 4.74 Å². The van der Waals surface area contributed by atoms with Gasteiger partial charge < -0.3 is 9.84 Å². The molecule has 1 N–H and O–H groups in total. The van der Waals surface area contributed by atoms with E-state index >= 15 is 0 Å². The molecule has 0 aromatic rings. The second kappa shape index (κ2) is 5.91. The number of esters is 1. The van der Waals surface area contributed by atoms with Crippen molar-refractivity contribution in [1.29, 1.82) is 0 Å². The Morgan fingerprint density at radius 2 is 2.21 bits per heavy atom. The number of hydrogen-bond donors (Lipinski definition) is 1. The fraction of sp³-hybridized carbons (Fsp3) is 0.688. The zero-order valence-corrected chi connectivity index (χ0v) is 11.9. The molecule has 0 aromatic heterocycles. The summed E-state index contributed by atoms with van der Waals surface area (Å²) >= 11 is 0. The Bertz CT molecular complexity index is 397. The standard InChI is InChI=1S/C16H24O3/c1-10-4-6-14(11(2)9-17)15-8-12(16(18)19-3)5-7-13(10)15/h8,10,13-15,17H,2,4-7,9H2,1,3H3/t10-,13-,14+,15-/m1/s1. The molecule has 0 saturated heterocycles. The van der Waals surface area contributed by atoms with E-state index in [1.54, 1.807) is 0 Å². The molecule has 0 bridgehead atoms. The monoisotopic (exact) mass is 264 g/mol. The minimum atomic E-state index is -0.204. The lowest BCUT2D eigenvalue weighted by Gasteiger charge is -2.44. The second-order valence-corrected chi connectivity index (χ2v) is 5.94. The molecule has 106 valence electrons. The first-order valence-corrected chi connectivity index (χ1v) is 7.16. The number of aliphatic hydroxyl groups is 1. The molecule has 1 saturated carbocycles. The third kappa shape index (κ3) is 2.76. The van der Waals surface area contributed by atoms with Crippen molar-refractivity contribution in [3.8, 4) is 0 Å². The summed E-state index contributed by atoms with van der Waals surface area (Å²) in [6.07, 6.45) is 6.21. The highest BCUT2D eigenvalue weighted by Gasteiger charge is 2.39. The van der Waals surface area contributed by atoms with Crippen molar-refractivity contribution in [2.24, 2.45) is 23.7 Å². The van der Waals surface area contributed by atoms with E-state index in [2.05, 4.69) is 19.6 Å². The highest BCUT2D eigenvalue weighted by Crippen LogP contribution is 2.47. The quantitative estimate of drug-likeness (QED) is 0.630. The molecule has 1 fully saturated rings. The maximum atomic E-state index is 11.7. The lowest BCUT2D eigenvalue weighted by molar-refractivity contribution is -0.136. The molecule has 2 aliphatic carbocycles. The number of hydrogen-bond acceptors (Lipinski definition) is 3. The molecule has 0 heterocycles. The number of rotatable bonds is 3.